The number of aliphatic carboxylic acids is 1. The molecule has 0 radical (unpaired) electrons. The molecule has 7 nitrogen and oxygen atoms in total. The van der Waals surface area contributed by atoms with Crippen LogP contribution in [0.25, 0.3) is 0 Å². The number of Topliss-reactive ketones (excluding diaryl/α,β-unsaturated/α-hetero) is 1. The fraction of sp³-hybridized carbons (Fsp3) is 0.625. The van der Waals surface area contributed by atoms with Crippen LogP contribution in [0.3, 0.4) is 0 Å². The fourth-order valence-electron chi connectivity index (χ4n) is 6.75. The molecule has 0 spiro atoms. The molecule has 216 valence electrons. The fourth-order valence-corrected chi connectivity index (χ4v) is 7.05. The molecule has 3 fully saturated rings. The summed E-state index contributed by atoms with van der Waals surface area (Å²) in [5, 5.41) is 14.3. The monoisotopic (exact) mass is 568 g/mol. The number of nitrogens with zero attached hydrogens (tertiary/aromatic N) is 2. The maximum Gasteiger partial charge on any atom is 0.303 e. The first-order chi connectivity index (χ1) is 18.9. The van der Waals surface area contributed by atoms with Gasteiger partial charge in [0.1, 0.15) is 11.5 Å². The number of hydrogen-bond donors (Lipinski definition) is 1. The number of carbonyl (C=O) groups is 3. The van der Waals surface area contributed by atoms with E-state index in [1.807, 2.05) is 25.1 Å². The van der Waals surface area contributed by atoms with Crippen molar-refractivity contribution < 1.29 is 24.0 Å². The highest BCUT2D eigenvalue weighted by Gasteiger charge is 2.47. The Labute approximate surface area is 241 Å². The van der Waals surface area contributed by atoms with E-state index in [0.717, 1.165) is 48.3 Å². The molecule has 1 N–H and O–H groups in total. The molecular weight excluding hydrogens is 528 g/mol. The van der Waals surface area contributed by atoms with Crippen LogP contribution < -0.4 is 0 Å². The van der Waals surface area contributed by atoms with Crippen LogP contribution in [-0.4, -0.2) is 45.9 Å². The lowest BCUT2D eigenvalue weighted by Gasteiger charge is -2.38. The molecule has 2 heterocycles. The van der Waals surface area contributed by atoms with Crippen molar-refractivity contribution in [3.8, 4) is 0 Å². The summed E-state index contributed by atoms with van der Waals surface area (Å²) in [6.07, 6.45) is 5.44. The Kier molecular flexibility index (Phi) is 8.15. The molecular formula is C32H41ClN2O5. The number of hydrogen-bond acceptors (Lipinski definition) is 5. The van der Waals surface area contributed by atoms with E-state index in [1.54, 1.807) is 4.90 Å². The van der Waals surface area contributed by atoms with Crippen molar-refractivity contribution >= 4 is 29.3 Å². The zero-order chi connectivity index (χ0) is 28.8. The third-order valence-corrected chi connectivity index (χ3v) is 9.19. The first-order valence-electron chi connectivity index (χ1n) is 14.7. The van der Waals surface area contributed by atoms with Crippen LogP contribution in [0.5, 0.6) is 0 Å². The number of aromatic nitrogens is 1. The Morgan fingerprint density at radius 3 is 2.45 bits per heavy atom. The van der Waals surface area contributed by atoms with Crippen LogP contribution in [0.4, 0.5) is 0 Å². The predicted molar refractivity (Wildman–Crippen MR) is 153 cm³/mol. The number of carbonyl (C=O) groups excluding carboxylic acids is 2. The maximum atomic E-state index is 13.8. The standard InChI is InChI=1S/C32H41ClN2O5/c1-18-5-6-21(25(33)11-18)14-26(36)23-16-35(27(37)9-10-28(38)39)17-24(23)30-29(20-7-8-20)31(40-34-30)22-12-19(13-22)15-32(2,3)4/h5-6,11,19-20,22-24H,7-10,12-17H2,1-4H3,(H,38,39). The van der Waals surface area contributed by atoms with Crippen LogP contribution >= 0.6 is 11.6 Å². The summed E-state index contributed by atoms with van der Waals surface area (Å²) < 4.78 is 6.08. The Hall–Kier alpha value is -2.67. The van der Waals surface area contributed by atoms with Gasteiger partial charge in [0.25, 0.3) is 0 Å². The SMILES string of the molecule is Cc1ccc(CC(=O)C2CN(C(=O)CCC(=O)O)CC2c2noc(C3CC(CC(C)(C)C)C3)c2C2CC2)c(Cl)c1. The highest BCUT2D eigenvalue weighted by atomic mass is 35.5. The third kappa shape index (κ3) is 6.45. The first kappa shape index (κ1) is 28.8. The molecule has 1 saturated heterocycles. The van der Waals surface area contributed by atoms with Gasteiger partial charge < -0.3 is 14.5 Å². The molecule has 2 aromatic rings. The molecule has 1 aromatic carbocycles. The van der Waals surface area contributed by atoms with Gasteiger partial charge in [0.05, 0.1) is 12.1 Å². The van der Waals surface area contributed by atoms with Crippen LogP contribution in [0.15, 0.2) is 22.7 Å². The molecule has 1 aliphatic heterocycles. The topological polar surface area (TPSA) is 101 Å². The van der Waals surface area contributed by atoms with E-state index in [2.05, 4.69) is 25.9 Å². The molecule has 2 saturated carbocycles. The minimum absolute atomic E-state index is 0.0180. The number of likely N-dealkylation sites (tertiary alicyclic amines) is 1. The molecule has 40 heavy (non-hydrogen) atoms. The maximum absolute atomic E-state index is 13.8. The second-order valence-corrected chi connectivity index (χ2v) is 14.0. The zero-order valence-electron chi connectivity index (χ0n) is 24.0. The second-order valence-electron chi connectivity index (χ2n) is 13.6. The summed E-state index contributed by atoms with van der Waals surface area (Å²) in [4.78, 5) is 39.5. The predicted octanol–water partition coefficient (Wildman–Crippen LogP) is 6.66. The Bertz CT molecular complexity index is 1280. The molecule has 1 aromatic heterocycles. The molecule has 1 amide bonds. The van der Waals surface area contributed by atoms with Gasteiger partial charge in [-0.2, -0.15) is 0 Å². The number of carboxylic acids is 1. The quantitative estimate of drug-likeness (QED) is 0.344. The number of benzene rings is 1. The van der Waals surface area contributed by atoms with Crippen molar-refractivity contribution in [1.29, 1.82) is 0 Å². The van der Waals surface area contributed by atoms with Gasteiger partial charge in [-0.1, -0.05) is 49.7 Å². The van der Waals surface area contributed by atoms with Crippen molar-refractivity contribution in [1.82, 2.24) is 10.1 Å². The van der Waals surface area contributed by atoms with Crippen LogP contribution in [-0.2, 0) is 20.8 Å². The Morgan fingerprint density at radius 1 is 1.10 bits per heavy atom. The molecule has 2 aliphatic carbocycles. The highest BCUT2D eigenvalue weighted by Crippen LogP contribution is 2.54. The van der Waals surface area contributed by atoms with Gasteiger partial charge in [-0.25, -0.2) is 0 Å². The summed E-state index contributed by atoms with van der Waals surface area (Å²) >= 11 is 6.47. The van der Waals surface area contributed by atoms with E-state index in [1.165, 1.54) is 12.0 Å². The van der Waals surface area contributed by atoms with Gasteiger partial charge in [0, 0.05) is 54.3 Å². The average molecular weight is 569 g/mol. The number of amides is 1. The lowest BCUT2D eigenvalue weighted by atomic mass is 9.66. The van der Waals surface area contributed by atoms with Crippen LogP contribution in [0.2, 0.25) is 5.02 Å². The molecule has 2 unspecified atom stereocenters. The highest BCUT2D eigenvalue weighted by molar-refractivity contribution is 6.31. The van der Waals surface area contributed by atoms with Crippen LogP contribution in [0, 0.1) is 24.2 Å². The number of aryl methyl sites for hydroxylation is 1. The molecule has 0 bridgehead atoms. The summed E-state index contributed by atoms with van der Waals surface area (Å²) in [6.45, 7) is 9.42. The van der Waals surface area contributed by atoms with Gasteiger partial charge >= 0.3 is 5.97 Å². The lowest BCUT2D eigenvalue weighted by molar-refractivity contribution is -0.140. The minimum atomic E-state index is -1.01. The largest absolute Gasteiger partial charge is 0.481 e. The average Bonchev–Trinajstić information content (AvgIpc) is 3.43. The van der Waals surface area contributed by atoms with Crippen LogP contribution in [0.1, 0.15) is 112 Å². The van der Waals surface area contributed by atoms with E-state index in [9.17, 15) is 14.4 Å². The summed E-state index contributed by atoms with van der Waals surface area (Å²) in [7, 11) is 0. The van der Waals surface area contributed by atoms with Crippen molar-refractivity contribution in [3.63, 3.8) is 0 Å². The van der Waals surface area contributed by atoms with E-state index in [-0.39, 0.29) is 43.4 Å². The molecule has 8 heteroatoms. The third-order valence-electron chi connectivity index (χ3n) is 8.84. The summed E-state index contributed by atoms with van der Waals surface area (Å²) in [6, 6.07) is 5.70. The lowest BCUT2D eigenvalue weighted by Crippen LogP contribution is -2.30. The van der Waals surface area contributed by atoms with Crippen molar-refractivity contribution in [2.45, 2.75) is 96.8 Å². The number of ketones is 1. The smallest absolute Gasteiger partial charge is 0.303 e. The van der Waals surface area contributed by atoms with E-state index >= 15 is 0 Å². The number of halogens is 1. The van der Waals surface area contributed by atoms with Crippen molar-refractivity contribution in [2.24, 2.45) is 17.3 Å². The van der Waals surface area contributed by atoms with E-state index in [0.29, 0.717) is 34.7 Å². The molecule has 5 rings (SSSR count). The normalized spacial score (nSPS) is 24.7. The van der Waals surface area contributed by atoms with Gasteiger partial charge in [-0.3, -0.25) is 14.4 Å². The Balaban J connectivity index is 1.40. The van der Waals surface area contributed by atoms with E-state index in [4.69, 9.17) is 21.2 Å². The minimum Gasteiger partial charge on any atom is -0.481 e. The van der Waals surface area contributed by atoms with Gasteiger partial charge in [0.15, 0.2) is 0 Å². The summed E-state index contributed by atoms with van der Waals surface area (Å²) in [5.41, 5.74) is 4.11. The Morgan fingerprint density at radius 2 is 1.82 bits per heavy atom. The van der Waals surface area contributed by atoms with Gasteiger partial charge in [-0.15, -0.1) is 0 Å². The van der Waals surface area contributed by atoms with Gasteiger partial charge in [-0.05, 0) is 73.5 Å². The van der Waals surface area contributed by atoms with Crippen molar-refractivity contribution in [3.05, 3.63) is 51.4 Å². The van der Waals surface area contributed by atoms with Gasteiger partial charge in [0.2, 0.25) is 5.91 Å². The molecule has 2 atom stereocenters. The van der Waals surface area contributed by atoms with Crippen molar-refractivity contribution in [2.75, 3.05) is 13.1 Å². The molecule has 3 aliphatic rings. The summed E-state index contributed by atoms with van der Waals surface area (Å²) in [5.74, 6) is 0.491. The number of carboxylic acid groups (broad SMARTS) is 1. The zero-order valence-corrected chi connectivity index (χ0v) is 24.8. The first-order valence-corrected chi connectivity index (χ1v) is 15.0. The second kappa shape index (κ2) is 11.3. The number of rotatable bonds is 10. The van der Waals surface area contributed by atoms with E-state index < -0.39 is 11.9 Å².